The molecule has 6 nitrogen and oxygen atoms in total. The highest BCUT2D eigenvalue weighted by molar-refractivity contribution is 5.83. The number of carbonyl (C=O) groups is 2. The molecule has 0 saturated carbocycles. The summed E-state index contributed by atoms with van der Waals surface area (Å²) in [5, 5.41) is 0. The van der Waals surface area contributed by atoms with Crippen LogP contribution >= 0.6 is 0 Å². The Morgan fingerprint density at radius 3 is 2.62 bits per heavy atom. The van der Waals surface area contributed by atoms with Crippen LogP contribution in [0.4, 0.5) is 0 Å². The van der Waals surface area contributed by atoms with Crippen LogP contribution in [0.25, 0.3) is 0 Å². The number of ether oxygens (including phenoxy) is 2. The maximum Gasteiger partial charge on any atom is 0.227 e. The zero-order valence-electron chi connectivity index (χ0n) is 17.0. The molecule has 0 bridgehead atoms. The molecule has 3 rings (SSSR count). The molecule has 0 aliphatic carbocycles. The molecule has 0 spiro atoms. The Bertz CT molecular complexity index is 825. The molecule has 154 valence electrons. The van der Waals surface area contributed by atoms with Gasteiger partial charge in [0, 0.05) is 32.1 Å². The van der Waals surface area contributed by atoms with Crippen molar-refractivity contribution in [2.24, 2.45) is 5.92 Å². The lowest BCUT2D eigenvalue weighted by molar-refractivity contribution is -0.143. The zero-order valence-corrected chi connectivity index (χ0v) is 17.0. The Labute approximate surface area is 172 Å². The van der Waals surface area contributed by atoms with Gasteiger partial charge in [0.25, 0.3) is 0 Å². The van der Waals surface area contributed by atoms with Gasteiger partial charge in [0.15, 0.2) is 0 Å². The monoisotopic (exact) mass is 396 g/mol. The number of amides is 2. The molecule has 1 aliphatic heterocycles. The Balaban J connectivity index is 1.54. The van der Waals surface area contributed by atoms with Gasteiger partial charge in [0.05, 0.1) is 19.6 Å². The first-order valence-electron chi connectivity index (χ1n) is 9.91. The van der Waals surface area contributed by atoms with E-state index in [0.29, 0.717) is 39.1 Å². The van der Waals surface area contributed by atoms with Gasteiger partial charge in [-0.15, -0.1) is 0 Å². The van der Waals surface area contributed by atoms with Crippen LogP contribution in [0.2, 0.25) is 0 Å². The lowest BCUT2D eigenvalue weighted by Crippen LogP contribution is -2.46. The number of nitrogens with zero attached hydrogens (tertiary/aromatic N) is 2. The number of likely N-dealkylation sites (N-methyl/N-ethyl adjacent to an activating group) is 1. The van der Waals surface area contributed by atoms with E-state index in [4.69, 9.17) is 9.47 Å². The molecule has 1 atom stereocenters. The topological polar surface area (TPSA) is 59.1 Å². The largest absolute Gasteiger partial charge is 0.496 e. The lowest BCUT2D eigenvalue weighted by Gasteiger charge is -2.34. The van der Waals surface area contributed by atoms with E-state index in [9.17, 15) is 9.59 Å². The standard InChI is InChI=1S/C23H28N2O4/c1-24(14-15-29-20-9-4-3-5-10-20)23(27)19-12-13-22(26)25(17-19)16-18-8-6-7-11-21(18)28-2/h3-11,19H,12-17H2,1-2H3/t19-/m1/s1. The molecular weight excluding hydrogens is 368 g/mol. The summed E-state index contributed by atoms with van der Waals surface area (Å²) < 4.78 is 11.1. The van der Waals surface area contributed by atoms with Crippen LogP contribution in [-0.2, 0) is 16.1 Å². The van der Waals surface area contributed by atoms with Crippen molar-refractivity contribution in [2.75, 3.05) is 33.9 Å². The molecule has 6 heteroatoms. The molecule has 2 aromatic carbocycles. The van der Waals surface area contributed by atoms with Crippen molar-refractivity contribution in [2.45, 2.75) is 19.4 Å². The molecule has 2 amide bonds. The molecule has 1 fully saturated rings. The van der Waals surface area contributed by atoms with E-state index in [-0.39, 0.29) is 17.7 Å². The van der Waals surface area contributed by atoms with Gasteiger partial charge in [-0.3, -0.25) is 9.59 Å². The number of carbonyl (C=O) groups excluding carboxylic acids is 2. The average molecular weight is 396 g/mol. The van der Waals surface area contributed by atoms with Gasteiger partial charge in [0.1, 0.15) is 18.1 Å². The number of benzene rings is 2. The van der Waals surface area contributed by atoms with Crippen LogP contribution in [0.15, 0.2) is 54.6 Å². The van der Waals surface area contributed by atoms with Crippen LogP contribution in [0.3, 0.4) is 0 Å². The number of piperidine rings is 1. The normalized spacial score (nSPS) is 16.4. The molecule has 0 aromatic heterocycles. The van der Waals surface area contributed by atoms with Crippen LogP contribution in [0, 0.1) is 5.92 Å². The summed E-state index contributed by atoms with van der Waals surface area (Å²) in [5.74, 6) is 1.49. The number of hydrogen-bond acceptors (Lipinski definition) is 4. The first-order valence-corrected chi connectivity index (χ1v) is 9.91. The lowest BCUT2D eigenvalue weighted by atomic mass is 9.95. The SMILES string of the molecule is COc1ccccc1CN1C[C@H](C(=O)N(C)CCOc2ccccc2)CCC1=O. The summed E-state index contributed by atoms with van der Waals surface area (Å²) in [6, 6.07) is 17.2. The van der Waals surface area contributed by atoms with Gasteiger partial charge in [-0.25, -0.2) is 0 Å². The Morgan fingerprint density at radius 2 is 1.86 bits per heavy atom. The van der Waals surface area contributed by atoms with Crippen LogP contribution in [-0.4, -0.2) is 55.5 Å². The second-order valence-electron chi connectivity index (χ2n) is 7.24. The maximum absolute atomic E-state index is 12.9. The molecule has 0 radical (unpaired) electrons. The number of methoxy groups -OCH3 is 1. The molecule has 0 unspecified atom stereocenters. The Morgan fingerprint density at radius 1 is 1.14 bits per heavy atom. The first-order chi connectivity index (χ1) is 14.1. The van der Waals surface area contributed by atoms with E-state index in [1.165, 1.54) is 0 Å². The summed E-state index contributed by atoms with van der Waals surface area (Å²) in [7, 11) is 3.41. The highest BCUT2D eigenvalue weighted by Gasteiger charge is 2.32. The predicted octanol–water partition coefficient (Wildman–Crippen LogP) is 2.97. The molecule has 2 aromatic rings. The predicted molar refractivity (Wildman–Crippen MR) is 111 cm³/mol. The summed E-state index contributed by atoms with van der Waals surface area (Å²) in [6.07, 6.45) is 0.976. The van der Waals surface area contributed by atoms with Crippen LogP contribution in [0.1, 0.15) is 18.4 Å². The van der Waals surface area contributed by atoms with Crippen LogP contribution < -0.4 is 9.47 Å². The van der Waals surface area contributed by atoms with Crippen molar-refractivity contribution in [1.29, 1.82) is 0 Å². The molecule has 29 heavy (non-hydrogen) atoms. The second kappa shape index (κ2) is 9.96. The van der Waals surface area contributed by atoms with Gasteiger partial charge >= 0.3 is 0 Å². The molecule has 0 N–H and O–H groups in total. The van der Waals surface area contributed by atoms with E-state index in [0.717, 1.165) is 17.1 Å². The number of likely N-dealkylation sites (tertiary alicyclic amines) is 1. The third kappa shape index (κ3) is 5.50. The fourth-order valence-corrected chi connectivity index (χ4v) is 3.55. The minimum Gasteiger partial charge on any atom is -0.496 e. The number of rotatable bonds is 8. The van der Waals surface area contributed by atoms with E-state index < -0.39 is 0 Å². The molecule has 1 aliphatic rings. The van der Waals surface area contributed by atoms with Gasteiger partial charge in [0.2, 0.25) is 11.8 Å². The highest BCUT2D eigenvalue weighted by atomic mass is 16.5. The molecular formula is C23H28N2O4. The van der Waals surface area contributed by atoms with Crippen molar-refractivity contribution in [3.05, 3.63) is 60.2 Å². The van der Waals surface area contributed by atoms with Crippen molar-refractivity contribution >= 4 is 11.8 Å². The third-order valence-corrected chi connectivity index (χ3v) is 5.22. The number of para-hydroxylation sites is 2. The highest BCUT2D eigenvalue weighted by Crippen LogP contribution is 2.25. The van der Waals surface area contributed by atoms with Gasteiger partial charge in [-0.2, -0.15) is 0 Å². The smallest absolute Gasteiger partial charge is 0.227 e. The van der Waals surface area contributed by atoms with E-state index in [1.807, 2.05) is 54.6 Å². The summed E-state index contributed by atoms with van der Waals surface area (Å²) in [5.41, 5.74) is 0.945. The van der Waals surface area contributed by atoms with E-state index in [1.54, 1.807) is 24.0 Å². The maximum atomic E-state index is 12.9. The Hall–Kier alpha value is -3.02. The van der Waals surface area contributed by atoms with Crippen molar-refractivity contribution < 1.29 is 19.1 Å². The van der Waals surface area contributed by atoms with Crippen molar-refractivity contribution in [3.8, 4) is 11.5 Å². The van der Waals surface area contributed by atoms with Crippen molar-refractivity contribution in [3.63, 3.8) is 0 Å². The average Bonchev–Trinajstić information content (AvgIpc) is 2.75. The van der Waals surface area contributed by atoms with Crippen molar-refractivity contribution in [1.82, 2.24) is 9.80 Å². The second-order valence-corrected chi connectivity index (χ2v) is 7.24. The van der Waals surface area contributed by atoms with E-state index in [2.05, 4.69) is 0 Å². The fourth-order valence-electron chi connectivity index (χ4n) is 3.55. The van der Waals surface area contributed by atoms with Gasteiger partial charge in [-0.1, -0.05) is 36.4 Å². The summed E-state index contributed by atoms with van der Waals surface area (Å²) in [6.45, 7) is 1.82. The molecule has 1 heterocycles. The summed E-state index contributed by atoms with van der Waals surface area (Å²) in [4.78, 5) is 28.7. The first kappa shape index (κ1) is 20.7. The zero-order chi connectivity index (χ0) is 20.6. The molecule has 1 saturated heterocycles. The van der Waals surface area contributed by atoms with Crippen LogP contribution in [0.5, 0.6) is 11.5 Å². The Kier molecular flexibility index (Phi) is 7.11. The van der Waals surface area contributed by atoms with E-state index >= 15 is 0 Å². The quantitative estimate of drug-likeness (QED) is 0.688. The number of hydrogen-bond donors (Lipinski definition) is 0. The third-order valence-electron chi connectivity index (χ3n) is 5.22. The minimum atomic E-state index is -0.191. The fraction of sp³-hybridized carbons (Fsp3) is 0.391. The summed E-state index contributed by atoms with van der Waals surface area (Å²) >= 11 is 0. The minimum absolute atomic E-state index is 0.0548. The van der Waals surface area contributed by atoms with Gasteiger partial charge in [-0.05, 0) is 24.6 Å². The van der Waals surface area contributed by atoms with Gasteiger partial charge < -0.3 is 19.3 Å².